The molecule has 0 radical (unpaired) electrons. The van der Waals surface area contributed by atoms with Gasteiger partial charge in [0.2, 0.25) is 5.91 Å². The Labute approximate surface area is 157 Å². The Hall–Kier alpha value is -2.60. The molecule has 1 unspecified atom stereocenters. The third kappa shape index (κ3) is 3.65. The molecule has 1 N–H and O–H groups in total. The maximum atomic E-state index is 12.8. The van der Waals surface area contributed by atoms with Crippen LogP contribution in [-0.4, -0.2) is 25.2 Å². The summed E-state index contributed by atoms with van der Waals surface area (Å²) in [6.07, 6.45) is 3.86. The number of hydrogen-bond donors (Lipinski definition) is 1. The zero-order valence-corrected chi connectivity index (χ0v) is 16.1. The van der Waals surface area contributed by atoms with Crippen molar-refractivity contribution in [1.82, 2.24) is 24.6 Å². The maximum absolute atomic E-state index is 12.8. The summed E-state index contributed by atoms with van der Waals surface area (Å²) >= 11 is 6.01. The van der Waals surface area contributed by atoms with E-state index in [1.165, 1.54) is 0 Å². The molecule has 0 aliphatic carbocycles. The van der Waals surface area contributed by atoms with Crippen molar-refractivity contribution in [1.29, 1.82) is 0 Å². The van der Waals surface area contributed by atoms with E-state index in [9.17, 15) is 4.79 Å². The number of aromatic nitrogens is 4. The van der Waals surface area contributed by atoms with Crippen LogP contribution >= 0.6 is 11.6 Å². The van der Waals surface area contributed by atoms with E-state index < -0.39 is 0 Å². The average Bonchev–Trinajstić information content (AvgIpc) is 3.12. The molecule has 0 spiro atoms. The van der Waals surface area contributed by atoms with Crippen LogP contribution in [0.15, 0.2) is 36.7 Å². The molecule has 0 saturated carbocycles. The lowest BCUT2D eigenvalue weighted by atomic mass is 10.0. The number of aryl methyl sites for hydroxylation is 3. The van der Waals surface area contributed by atoms with Gasteiger partial charge in [-0.1, -0.05) is 23.7 Å². The van der Waals surface area contributed by atoms with Gasteiger partial charge in [0.25, 0.3) is 0 Å². The quantitative estimate of drug-likeness (QED) is 0.750. The first-order valence-corrected chi connectivity index (χ1v) is 8.75. The largest absolute Gasteiger partial charge is 0.342 e. The van der Waals surface area contributed by atoms with Crippen molar-refractivity contribution in [2.45, 2.75) is 26.3 Å². The first kappa shape index (κ1) is 18.2. The highest BCUT2D eigenvalue weighted by Crippen LogP contribution is 2.23. The fourth-order valence-electron chi connectivity index (χ4n) is 3.05. The van der Waals surface area contributed by atoms with Crippen molar-refractivity contribution in [2.75, 3.05) is 0 Å². The molecule has 0 bridgehead atoms. The van der Waals surface area contributed by atoms with Crippen LogP contribution in [0, 0.1) is 13.8 Å². The Morgan fingerprint density at radius 1 is 1.23 bits per heavy atom. The first-order chi connectivity index (χ1) is 12.4. The third-order valence-corrected chi connectivity index (χ3v) is 4.87. The van der Waals surface area contributed by atoms with E-state index in [1.54, 1.807) is 10.9 Å². The second kappa shape index (κ2) is 7.33. The molecule has 0 fully saturated rings. The highest BCUT2D eigenvalue weighted by Gasteiger charge is 2.22. The van der Waals surface area contributed by atoms with E-state index in [4.69, 9.17) is 11.6 Å². The number of carbonyl (C=O) groups is 1. The van der Waals surface area contributed by atoms with E-state index in [-0.39, 0.29) is 18.4 Å². The van der Waals surface area contributed by atoms with Crippen molar-refractivity contribution in [3.63, 3.8) is 0 Å². The van der Waals surface area contributed by atoms with Crippen LogP contribution in [0.25, 0.3) is 0 Å². The number of carbonyl (C=O) groups excluding carboxylic acids is 1. The zero-order chi connectivity index (χ0) is 18.8. The molecule has 3 aromatic rings. The van der Waals surface area contributed by atoms with Gasteiger partial charge in [-0.05, 0) is 31.5 Å². The summed E-state index contributed by atoms with van der Waals surface area (Å²) < 4.78 is 3.70. The number of hydrogen-bond acceptors (Lipinski definition) is 3. The lowest BCUT2D eigenvalue weighted by Gasteiger charge is -2.19. The van der Waals surface area contributed by atoms with Crippen LogP contribution in [0.3, 0.4) is 0 Å². The minimum Gasteiger partial charge on any atom is -0.342 e. The molecule has 1 atom stereocenters. The van der Waals surface area contributed by atoms with Gasteiger partial charge in [0, 0.05) is 42.8 Å². The minimum atomic E-state index is -0.350. The Balaban J connectivity index is 1.87. The molecule has 1 amide bonds. The predicted octanol–water partition coefficient (Wildman–Crippen LogP) is 2.87. The van der Waals surface area contributed by atoms with Gasteiger partial charge < -0.3 is 9.88 Å². The molecule has 0 saturated heterocycles. The lowest BCUT2D eigenvalue weighted by Crippen LogP contribution is -2.32. The Morgan fingerprint density at radius 2 is 1.92 bits per heavy atom. The maximum Gasteiger partial charge on any atom is 0.225 e. The number of nitrogens with one attached hydrogen (secondary N) is 1. The predicted molar refractivity (Wildman–Crippen MR) is 101 cm³/mol. The van der Waals surface area contributed by atoms with Gasteiger partial charge in [-0.25, -0.2) is 4.98 Å². The zero-order valence-electron chi connectivity index (χ0n) is 15.3. The molecule has 0 aliphatic rings. The minimum absolute atomic E-state index is 0.0767. The number of imidazole rings is 1. The average molecular weight is 372 g/mol. The number of rotatable bonds is 5. The van der Waals surface area contributed by atoms with Crippen molar-refractivity contribution < 1.29 is 4.79 Å². The molecule has 26 heavy (non-hydrogen) atoms. The Bertz CT molecular complexity index is 926. The molecular weight excluding hydrogens is 350 g/mol. The van der Waals surface area contributed by atoms with Crippen molar-refractivity contribution >= 4 is 17.5 Å². The second-order valence-electron chi connectivity index (χ2n) is 6.40. The highest BCUT2D eigenvalue weighted by molar-refractivity contribution is 6.30. The van der Waals surface area contributed by atoms with Gasteiger partial charge >= 0.3 is 0 Å². The van der Waals surface area contributed by atoms with Crippen molar-refractivity contribution in [3.8, 4) is 0 Å². The van der Waals surface area contributed by atoms with Gasteiger partial charge in [-0.15, -0.1) is 0 Å². The Morgan fingerprint density at radius 3 is 2.46 bits per heavy atom. The summed E-state index contributed by atoms with van der Waals surface area (Å²) in [7, 11) is 3.79. The van der Waals surface area contributed by atoms with Crippen LogP contribution in [0.4, 0.5) is 0 Å². The summed E-state index contributed by atoms with van der Waals surface area (Å²) in [6.45, 7) is 3.89. The smallest absolute Gasteiger partial charge is 0.225 e. The normalized spacial score (nSPS) is 12.2. The summed E-state index contributed by atoms with van der Waals surface area (Å²) in [5, 5.41) is 8.14. The number of halogens is 1. The molecular formula is C19H22ClN5O. The van der Waals surface area contributed by atoms with Gasteiger partial charge in [-0.3, -0.25) is 9.48 Å². The van der Waals surface area contributed by atoms with Crippen LogP contribution in [0.1, 0.15) is 34.4 Å². The van der Waals surface area contributed by atoms with Crippen LogP contribution in [0.2, 0.25) is 5.02 Å². The summed E-state index contributed by atoms with van der Waals surface area (Å²) in [5.74, 6) is 0.687. The molecule has 6 nitrogen and oxygen atoms in total. The molecule has 3 rings (SSSR count). The van der Waals surface area contributed by atoms with E-state index in [2.05, 4.69) is 15.4 Å². The lowest BCUT2D eigenvalue weighted by molar-refractivity contribution is -0.121. The van der Waals surface area contributed by atoms with Gasteiger partial charge in [0.05, 0.1) is 12.1 Å². The Kier molecular flexibility index (Phi) is 5.13. The summed E-state index contributed by atoms with van der Waals surface area (Å²) in [4.78, 5) is 17.2. The second-order valence-corrected chi connectivity index (χ2v) is 6.83. The number of nitrogens with zero attached hydrogens (tertiary/aromatic N) is 4. The van der Waals surface area contributed by atoms with Gasteiger partial charge in [0.1, 0.15) is 11.9 Å². The van der Waals surface area contributed by atoms with Gasteiger partial charge in [0.15, 0.2) is 0 Å². The van der Waals surface area contributed by atoms with Crippen LogP contribution < -0.4 is 5.32 Å². The monoisotopic (exact) mass is 371 g/mol. The van der Waals surface area contributed by atoms with E-state index >= 15 is 0 Å². The van der Waals surface area contributed by atoms with E-state index in [0.717, 1.165) is 28.3 Å². The van der Waals surface area contributed by atoms with Crippen molar-refractivity contribution in [2.24, 2.45) is 14.1 Å². The number of benzene rings is 1. The molecule has 7 heteroatoms. The van der Waals surface area contributed by atoms with Crippen LogP contribution in [0.5, 0.6) is 0 Å². The van der Waals surface area contributed by atoms with Crippen LogP contribution in [-0.2, 0) is 25.3 Å². The topological polar surface area (TPSA) is 64.7 Å². The first-order valence-electron chi connectivity index (χ1n) is 8.38. The standard InChI is InChI=1S/C19H22ClN5O/c1-12-16(13(2)25(4)23-12)11-17(26)22-18(19-21-9-10-24(19)3)14-5-7-15(20)8-6-14/h5-10,18H,11H2,1-4H3,(H,22,26). The van der Waals surface area contributed by atoms with E-state index in [1.807, 2.05) is 63.0 Å². The summed E-state index contributed by atoms with van der Waals surface area (Å²) in [5.41, 5.74) is 3.76. The molecule has 1 aromatic carbocycles. The highest BCUT2D eigenvalue weighted by atomic mass is 35.5. The summed E-state index contributed by atoms with van der Waals surface area (Å²) in [6, 6.07) is 7.09. The SMILES string of the molecule is Cc1nn(C)c(C)c1CC(=O)NC(c1ccc(Cl)cc1)c1nccn1C. The fraction of sp³-hybridized carbons (Fsp3) is 0.316. The van der Waals surface area contributed by atoms with Crippen molar-refractivity contribution in [3.05, 3.63) is 70.0 Å². The van der Waals surface area contributed by atoms with E-state index in [0.29, 0.717) is 5.02 Å². The third-order valence-electron chi connectivity index (χ3n) is 4.62. The molecule has 0 aliphatic heterocycles. The number of amides is 1. The molecule has 136 valence electrons. The molecule has 2 aromatic heterocycles. The van der Waals surface area contributed by atoms with Gasteiger partial charge in [-0.2, -0.15) is 5.10 Å². The molecule has 2 heterocycles. The fourth-order valence-corrected chi connectivity index (χ4v) is 3.18.